The van der Waals surface area contributed by atoms with E-state index in [0.29, 0.717) is 0 Å². The van der Waals surface area contributed by atoms with Crippen LogP contribution in [-0.4, -0.2) is 0 Å². The zero-order chi connectivity index (χ0) is 73.3. The van der Waals surface area contributed by atoms with Crippen LogP contribution in [0.25, 0.3) is 174 Å². The van der Waals surface area contributed by atoms with Crippen LogP contribution in [0.5, 0.6) is 0 Å². The monoisotopic (exact) mass is 1430 g/mol. The van der Waals surface area contributed by atoms with Crippen LogP contribution in [0.4, 0.5) is 34.1 Å². The van der Waals surface area contributed by atoms with Gasteiger partial charge in [-0.2, -0.15) is 0 Å². The molecule has 0 spiro atoms. The molecule has 0 unspecified atom stereocenters. The van der Waals surface area contributed by atoms with Crippen LogP contribution in [0.3, 0.4) is 0 Å². The van der Waals surface area contributed by atoms with Gasteiger partial charge in [0.1, 0.15) is 0 Å². The van der Waals surface area contributed by atoms with Crippen molar-refractivity contribution in [2.75, 3.05) is 9.80 Å². The number of rotatable bonds is 14. The lowest BCUT2D eigenvalue weighted by Crippen LogP contribution is -2.13. The highest BCUT2D eigenvalue weighted by atomic mass is 32.1. The fraction of sp³-hybridized carbons (Fsp3) is 0. The Labute approximate surface area is 649 Å². The predicted octanol–water partition coefficient (Wildman–Crippen LogP) is 31.2. The average molecular weight is 1430 g/mol. The molecule has 21 rings (SSSR count). The third-order valence-electron chi connectivity index (χ3n) is 22.6. The normalized spacial score (nSPS) is 11.6. The fourth-order valence-corrected chi connectivity index (χ4v) is 18.6. The molecule has 0 saturated carbocycles. The Balaban J connectivity index is 0.695. The molecule has 2 nitrogen and oxygen atoms in total. The average Bonchev–Trinajstić information content (AvgIpc) is 1.74. The van der Waals surface area contributed by atoms with Gasteiger partial charge < -0.3 is 9.80 Å². The van der Waals surface area contributed by atoms with Crippen LogP contribution in [0.1, 0.15) is 0 Å². The molecule has 3 heteroatoms. The highest BCUT2D eigenvalue weighted by Crippen LogP contribution is 2.53. The van der Waals surface area contributed by atoms with Crippen molar-refractivity contribution in [1.29, 1.82) is 0 Å². The van der Waals surface area contributed by atoms with Crippen molar-refractivity contribution in [2.24, 2.45) is 0 Å². The molecule has 1 heterocycles. The Bertz CT molecular complexity index is 7210. The first kappa shape index (κ1) is 65.1. The first-order valence-corrected chi connectivity index (χ1v) is 39.0. The molecule has 0 radical (unpaired) electrons. The molecule has 0 aliphatic heterocycles. The molecular formula is C108H70N2S. The second-order valence-electron chi connectivity index (χ2n) is 29.0. The van der Waals surface area contributed by atoms with E-state index < -0.39 is 0 Å². The largest absolute Gasteiger partial charge is 0.309 e. The molecule has 518 valence electrons. The van der Waals surface area contributed by atoms with Crippen molar-refractivity contribution < 1.29 is 0 Å². The smallest absolute Gasteiger partial charge is 0.0540 e. The number of fused-ring (bicyclic) bond motifs is 11. The van der Waals surface area contributed by atoms with Crippen LogP contribution in [0.2, 0.25) is 0 Å². The van der Waals surface area contributed by atoms with Crippen molar-refractivity contribution in [3.8, 4) is 89.0 Å². The van der Waals surface area contributed by atoms with E-state index >= 15 is 0 Å². The van der Waals surface area contributed by atoms with Gasteiger partial charge >= 0.3 is 0 Å². The lowest BCUT2D eigenvalue weighted by Gasteiger charge is -2.31. The summed E-state index contributed by atoms with van der Waals surface area (Å²) in [5, 5.41) is 17.2. The fourth-order valence-electron chi connectivity index (χ4n) is 17.3. The summed E-state index contributed by atoms with van der Waals surface area (Å²) in [6, 6.07) is 158. The van der Waals surface area contributed by atoms with Crippen LogP contribution >= 0.6 is 11.3 Å². The van der Waals surface area contributed by atoms with Gasteiger partial charge in [0.15, 0.2) is 0 Å². The van der Waals surface area contributed by atoms with E-state index in [-0.39, 0.29) is 0 Å². The molecule has 20 aromatic carbocycles. The molecule has 0 bridgehead atoms. The van der Waals surface area contributed by atoms with Gasteiger partial charge in [-0.15, -0.1) is 11.3 Å². The van der Waals surface area contributed by atoms with Gasteiger partial charge in [-0.05, 0) is 216 Å². The van der Waals surface area contributed by atoms with Gasteiger partial charge in [-0.3, -0.25) is 0 Å². The second kappa shape index (κ2) is 27.5. The van der Waals surface area contributed by atoms with Crippen LogP contribution in [-0.2, 0) is 0 Å². The van der Waals surface area contributed by atoms with Crippen LogP contribution < -0.4 is 9.80 Å². The first-order valence-electron chi connectivity index (χ1n) is 38.2. The van der Waals surface area contributed by atoms with Gasteiger partial charge in [0.05, 0.1) is 22.7 Å². The van der Waals surface area contributed by atoms with Crippen molar-refractivity contribution in [1.82, 2.24) is 0 Å². The molecule has 1 aromatic heterocycles. The molecular weight excluding hydrogens is 1360 g/mol. The van der Waals surface area contributed by atoms with Crippen molar-refractivity contribution in [2.45, 2.75) is 0 Å². The minimum absolute atomic E-state index is 1.05. The quantitative estimate of drug-likeness (QED) is 0.100. The van der Waals surface area contributed by atoms with Crippen molar-refractivity contribution >= 4 is 130 Å². The number of hydrogen-bond donors (Lipinski definition) is 0. The molecule has 0 amide bonds. The second-order valence-corrected chi connectivity index (χ2v) is 30.0. The molecule has 0 atom stereocenters. The van der Waals surface area contributed by atoms with Crippen molar-refractivity contribution in [3.63, 3.8) is 0 Å². The maximum atomic E-state index is 2.53. The number of nitrogens with zero attached hydrogens (tertiary/aromatic N) is 2. The van der Waals surface area contributed by atoms with Gasteiger partial charge in [0.25, 0.3) is 0 Å². The van der Waals surface area contributed by atoms with Gasteiger partial charge in [-0.1, -0.05) is 340 Å². The maximum absolute atomic E-state index is 2.53. The van der Waals surface area contributed by atoms with Gasteiger partial charge in [0, 0.05) is 53.8 Å². The maximum Gasteiger partial charge on any atom is 0.0540 e. The van der Waals surface area contributed by atoms with E-state index in [9.17, 15) is 0 Å². The summed E-state index contributed by atoms with van der Waals surface area (Å²) < 4.78 is 2.52. The number of hydrogen-bond acceptors (Lipinski definition) is 3. The summed E-state index contributed by atoms with van der Waals surface area (Å²) in [5.41, 5.74) is 25.0. The zero-order valence-corrected chi connectivity index (χ0v) is 61.5. The Kier molecular flexibility index (Phi) is 16.1. The van der Waals surface area contributed by atoms with E-state index in [1.54, 1.807) is 0 Å². The number of anilines is 6. The van der Waals surface area contributed by atoms with Crippen LogP contribution in [0.15, 0.2) is 425 Å². The SMILES string of the molecule is c1ccc(-c2cc(-c3ccc(-c4ccc(-c5ccc(N(c6ccccc6-c6ccc7ccccc7c6)c6ccccc6-c6cc7ccccc7c7ccccc67)cc5)c5sc6ccccc6c45)cc3)cc(N(c3ccccc3-c3ccc4ccccc4c3)c3ccccc3-c3cc4ccccc4c4ccccc34)c2)cc1. The summed E-state index contributed by atoms with van der Waals surface area (Å²) in [4.78, 5) is 5.02. The standard InChI is InChI=1S/C108H70N2S/c1-2-26-71(27-3-1)83-66-84(68-86(67-83)110(103-46-22-17-37-90(103)82-57-53-73-29-5-7-31-78(73)65-82)105-48-24-19-43-98(105)101-70-80-33-9-11-35-88(80)94-39-13-15-41-96(94)101)74-50-54-75(55-51-74)91-62-63-92(108-107(91)99-44-20-25-49-106(99)111-108)76-58-60-85(61-59-76)109(102-45-21-16-36-89(102)81-56-52-72-28-4-6-30-77(72)64-81)104-47-23-18-42-97(104)100-69-79-32-8-10-34-87(79)93-38-12-14-40-95(93)100/h1-70H. The van der Waals surface area contributed by atoms with E-state index in [2.05, 4.69) is 434 Å². The van der Waals surface area contributed by atoms with E-state index in [0.717, 1.165) is 101 Å². The molecule has 0 saturated heterocycles. The number of para-hydroxylation sites is 4. The highest BCUT2D eigenvalue weighted by Gasteiger charge is 2.27. The first-order chi connectivity index (χ1) is 55.0. The molecule has 0 N–H and O–H groups in total. The van der Waals surface area contributed by atoms with E-state index in [1.165, 1.54) is 107 Å². The third-order valence-corrected chi connectivity index (χ3v) is 23.8. The molecule has 0 fully saturated rings. The summed E-state index contributed by atoms with van der Waals surface area (Å²) >= 11 is 1.88. The lowest BCUT2D eigenvalue weighted by atomic mass is 9.91. The minimum atomic E-state index is 1.05. The summed E-state index contributed by atoms with van der Waals surface area (Å²) in [6.45, 7) is 0. The number of benzene rings is 20. The van der Waals surface area contributed by atoms with Gasteiger partial charge in [-0.25, -0.2) is 0 Å². The summed E-state index contributed by atoms with van der Waals surface area (Å²) in [5.74, 6) is 0. The lowest BCUT2D eigenvalue weighted by molar-refractivity contribution is 1.28. The molecule has 0 aliphatic carbocycles. The Morgan fingerprint density at radius 3 is 1.05 bits per heavy atom. The van der Waals surface area contributed by atoms with E-state index in [1.807, 2.05) is 11.3 Å². The Morgan fingerprint density at radius 2 is 0.523 bits per heavy atom. The minimum Gasteiger partial charge on any atom is -0.309 e. The molecule has 21 aromatic rings. The number of thiophene rings is 1. The summed E-state index contributed by atoms with van der Waals surface area (Å²) in [6.07, 6.45) is 0. The Hall–Kier alpha value is -14.2. The zero-order valence-electron chi connectivity index (χ0n) is 60.7. The molecule has 111 heavy (non-hydrogen) atoms. The third kappa shape index (κ3) is 11.6. The Morgan fingerprint density at radius 1 is 0.162 bits per heavy atom. The summed E-state index contributed by atoms with van der Waals surface area (Å²) in [7, 11) is 0. The van der Waals surface area contributed by atoms with Crippen molar-refractivity contribution in [3.05, 3.63) is 425 Å². The topological polar surface area (TPSA) is 6.48 Å². The highest BCUT2D eigenvalue weighted by molar-refractivity contribution is 7.26. The molecule has 0 aliphatic rings. The van der Waals surface area contributed by atoms with E-state index in [4.69, 9.17) is 0 Å². The predicted molar refractivity (Wildman–Crippen MR) is 477 cm³/mol. The van der Waals surface area contributed by atoms with Crippen LogP contribution in [0, 0.1) is 0 Å². The van der Waals surface area contributed by atoms with Gasteiger partial charge in [0.2, 0.25) is 0 Å².